The van der Waals surface area contributed by atoms with Crippen LogP contribution in [0, 0.1) is 12.8 Å². The lowest BCUT2D eigenvalue weighted by Gasteiger charge is -2.32. The molecule has 1 fully saturated rings. The van der Waals surface area contributed by atoms with E-state index in [4.69, 9.17) is 9.15 Å². The van der Waals surface area contributed by atoms with E-state index in [-0.39, 0.29) is 23.4 Å². The number of rotatable bonds is 7. The van der Waals surface area contributed by atoms with E-state index in [9.17, 15) is 9.59 Å². The molecule has 1 aromatic heterocycles. The number of ketones is 1. The normalized spacial score (nSPS) is 16.2. The summed E-state index contributed by atoms with van der Waals surface area (Å²) < 4.78 is 11.1. The molecule has 2 heterocycles. The number of piperidine rings is 1. The summed E-state index contributed by atoms with van der Waals surface area (Å²) >= 11 is 1.22. The molecule has 0 aliphatic carbocycles. The first-order valence-corrected chi connectivity index (χ1v) is 11.1. The fourth-order valence-corrected chi connectivity index (χ4v) is 4.22. The SMILES string of the molecule is Cc1nnc(SCC(=O)N2CCC[C@@H](C(=O)c3ccc(Oc4ccccc4)cc3)C2)o1. The number of hydrogen-bond donors (Lipinski definition) is 0. The van der Waals surface area contributed by atoms with Crippen molar-refractivity contribution >= 4 is 23.5 Å². The van der Waals surface area contributed by atoms with Gasteiger partial charge in [0.25, 0.3) is 5.22 Å². The first-order chi connectivity index (χ1) is 15.1. The Hall–Kier alpha value is -3.13. The van der Waals surface area contributed by atoms with Crippen molar-refractivity contribution in [3.63, 3.8) is 0 Å². The van der Waals surface area contributed by atoms with Crippen molar-refractivity contribution in [2.24, 2.45) is 5.92 Å². The van der Waals surface area contributed by atoms with Crippen molar-refractivity contribution < 1.29 is 18.7 Å². The van der Waals surface area contributed by atoms with E-state index in [1.807, 2.05) is 30.3 Å². The highest BCUT2D eigenvalue weighted by Gasteiger charge is 2.29. The van der Waals surface area contributed by atoms with Gasteiger partial charge in [0.2, 0.25) is 11.8 Å². The van der Waals surface area contributed by atoms with Gasteiger partial charge in [-0.25, -0.2) is 0 Å². The molecule has 7 nitrogen and oxygen atoms in total. The number of carbonyl (C=O) groups excluding carboxylic acids is 2. The van der Waals surface area contributed by atoms with E-state index in [1.54, 1.807) is 36.1 Å². The summed E-state index contributed by atoms with van der Waals surface area (Å²) in [7, 11) is 0. The number of para-hydroxylation sites is 1. The third-order valence-corrected chi connectivity index (χ3v) is 5.89. The maximum atomic E-state index is 13.0. The minimum atomic E-state index is -0.200. The van der Waals surface area contributed by atoms with E-state index in [2.05, 4.69) is 10.2 Å². The summed E-state index contributed by atoms with van der Waals surface area (Å²) in [6.07, 6.45) is 1.59. The second kappa shape index (κ2) is 9.78. The molecule has 0 saturated carbocycles. The average Bonchev–Trinajstić information content (AvgIpc) is 3.23. The maximum Gasteiger partial charge on any atom is 0.277 e. The summed E-state index contributed by atoms with van der Waals surface area (Å²) in [5, 5.41) is 8.03. The van der Waals surface area contributed by atoms with Crippen molar-refractivity contribution in [3.05, 3.63) is 66.1 Å². The average molecular weight is 438 g/mol. The second-order valence-corrected chi connectivity index (χ2v) is 8.28. The lowest BCUT2D eigenvalue weighted by atomic mass is 9.90. The van der Waals surface area contributed by atoms with Gasteiger partial charge in [0.15, 0.2) is 5.78 Å². The number of thioether (sulfide) groups is 1. The zero-order chi connectivity index (χ0) is 21.6. The summed E-state index contributed by atoms with van der Waals surface area (Å²) in [6.45, 7) is 2.80. The molecule has 0 radical (unpaired) electrons. The van der Waals surface area contributed by atoms with Crippen molar-refractivity contribution in [3.8, 4) is 11.5 Å². The molecular formula is C23H23N3O4S. The van der Waals surface area contributed by atoms with E-state index >= 15 is 0 Å². The zero-order valence-electron chi connectivity index (χ0n) is 17.2. The summed E-state index contributed by atoms with van der Waals surface area (Å²) in [5.41, 5.74) is 0.635. The number of aromatic nitrogens is 2. The standard InChI is InChI=1S/C23H23N3O4S/c1-16-24-25-23(29-16)31-15-21(27)26-13-5-6-18(14-26)22(28)17-9-11-20(12-10-17)30-19-7-3-2-4-8-19/h2-4,7-12,18H,5-6,13-15H2,1H3/t18-/m1/s1. The molecular weight excluding hydrogens is 414 g/mol. The van der Waals surface area contributed by atoms with Crippen molar-refractivity contribution in [2.45, 2.75) is 25.0 Å². The Morgan fingerprint density at radius 1 is 1.10 bits per heavy atom. The van der Waals surface area contributed by atoms with Gasteiger partial charge in [0.05, 0.1) is 5.75 Å². The van der Waals surface area contributed by atoms with Gasteiger partial charge in [-0.05, 0) is 49.2 Å². The molecule has 4 rings (SSSR count). The third kappa shape index (κ3) is 5.52. The smallest absolute Gasteiger partial charge is 0.277 e. The molecule has 1 atom stereocenters. The molecule has 2 aromatic carbocycles. The number of Topliss-reactive ketones (excluding diaryl/α,β-unsaturated/α-hetero) is 1. The van der Waals surface area contributed by atoms with Crippen LogP contribution in [0.4, 0.5) is 0 Å². The van der Waals surface area contributed by atoms with Crippen LogP contribution in [0.15, 0.2) is 64.2 Å². The molecule has 0 unspecified atom stereocenters. The van der Waals surface area contributed by atoms with E-state index < -0.39 is 0 Å². The number of aryl methyl sites for hydroxylation is 1. The zero-order valence-corrected chi connectivity index (χ0v) is 18.0. The Morgan fingerprint density at radius 2 is 1.84 bits per heavy atom. The van der Waals surface area contributed by atoms with Crippen LogP contribution in [0.5, 0.6) is 11.5 Å². The lowest BCUT2D eigenvalue weighted by molar-refractivity contribution is -0.129. The first kappa shape index (κ1) is 21.1. The van der Waals surface area contributed by atoms with E-state index in [0.717, 1.165) is 18.6 Å². The van der Waals surface area contributed by atoms with Gasteiger partial charge in [-0.15, -0.1) is 10.2 Å². The van der Waals surface area contributed by atoms with Crippen LogP contribution in [-0.4, -0.2) is 45.6 Å². The van der Waals surface area contributed by atoms with Gasteiger partial charge in [-0.3, -0.25) is 9.59 Å². The number of nitrogens with zero attached hydrogens (tertiary/aromatic N) is 3. The first-order valence-electron chi connectivity index (χ1n) is 10.2. The van der Waals surface area contributed by atoms with Crippen LogP contribution < -0.4 is 4.74 Å². The predicted molar refractivity (Wildman–Crippen MR) is 116 cm³/mol. The molecule has 0 bridgehead atoms. The third-order valence-electron chi connectivity index (χ3n) is 5.09. The number of ether oxygens (including phenoxy) is 1. The summed E-state index contributed by atoms with van der Waals surface area (Å²) in [4.78, 5) is 27.3. The van der Waals surface area contributed by atoms with Crippen molar-refractivity contribution in [1.29, 1.82) is 0 Å². The Morgan fingerprint density at radius 3 is 2.55 bits per heavy atom. The molecule has 1 aliphatic rings. The van der Waals surface area contributed by atoms with Gasteiger partial charge < -0.3 is 14.1 Å². The minimum Gasteiger partial charge on any atom is -0.457 e. The summed E-state index contributed by atoms with van der Waals surface area (Å²) in [6, 6.07) is 16.7. The van der Waals surface area contributed by atoms with Gasteiger partial charge >= 0.3 is 0 Å². The van der Waals surface area contributed by atoms with Crippen molar-refractivity contribution in [2.75, 3.05) is 18.8 Å². The molecule has 1 aliphatic heterocycles. The summed E-state index contributed by atoms with van der Waals surface area (Å²) in [5.74, 6) is 1.95. The van der Waals surface area contributed by atoms with Crippen LogP contribution >= 0.6 is 11.8 Å². The number of hydrogen-bond acceptors (Lipinski definition) is 7. The highest BCUT2D eigenvalue weighted by Crippen LogP contribution is 2.25. The number of amides is 1. The Balaban J connectivity index is 1.33. The predicted octanol–water partition coefficient (Wildman–Crippen LogP) is 4.38. The Labute approximate surface area is 184 Å². The van der Waals surface area contributed by atoms with Crippen LogP contribution in [0.2, 0.25) is 0 Å². The maximum absolute atomic E-state index is 13.0. The fourth-order valence-electron chi connectivity index (χ4n) is 3.52. The fraction of sp³-hybridized carbons (Fsp3) is 0.304. The van der Waals surface area contributed by atoms with Crippen LogP contribution in [0.3, 0.4) is 0 Å². The Kier molecular flexibility index (Phi) is 6.66. The topological polar surface area (TPSA) is 85.5 Å². The van der Waals surface area contributed by atoms with Gasteiger partial charge in [0, 0.05) is 31.5 Å². The molecule has 0 spiro atoms. The molecule has 0 N–H and O–H groups in total. The highest BCUT2D eigenvalue weighted by atomic mass is 32.2. The lowest BCUT2D eigenvalue weighted by Crippen LogP contribution is -2.43. The highest BCUT2D eigenvalue weighted by molar-refractivity contribution is 7.99. The molecule has 160 valence electrons. The van der Waals surface area contributed by atoms with Gasteiger partial charge in [-0.1, -0.05) is 30.0 Å². The van der Waals surface area contributed by atoms with Crippen LogP contribution in [0.1, 0.15) is 29.1 Å². The van der Waals surface area contributed by atoms with Crippen molar-refractivity contribution in [1.82, 2.24) is 15.1 Å². The van der Waals surface area contributed by atoms with E-state index in [1.165, 1.54) is 11.8 Å². The van der Waals surface area contributed by atoms with E-state index in [0.29, 0.717) is 35.5 Å². The molecule has 3 aromatic rings. The quantitative estimate of drug-likeness (QED) is 0.400. The molecule has 1 amide bonds. The number of benzene rings is 2. The number of carbonyl (C=O) groups is 2. The van der Waals surface area contributed by atoms with Crippen LogP contribution in [0.25, 0.3) is 0 Å². The van der Waals surface area contributed by atoms with Gasteiger partial charge in [-0.2, -0.15) is 0 Å². The second-order valence-electron chi connectivity index (χ2n) is 7.36. The largest absolute Gasteiger partial charge is 0.457 e. The molecule has 8 heteroatoms. The molecule has 31 heavy (non-hydrogen) atoms. The van der Waals surface area contributed by atoms with Gasteiger partial charge in [0.1, 0.15) is 11.5 Å². The number of likely N-dealkylation sites (tertiary alicyclic amines) is 1. The minimum absolute atomic E-state index is 0.0232. The van der Waals surface area contributed by atoms with Crippen LogP contribution in [-0.2, 0) is 4.79 Å². The monoisotopic (exact) mass is 437 g/mol. The Bertz CT molecular complexity index is 1040. The molecule has 1 saturated heterocycles.